The third-order valence-electron chi connectivity index (χ3n) is 7.42. The lowest BCUT2D eigenvalue weighted by molar-refractivity contribution is -0.127. The smallest absolute Gasteiger partial charge is 0.255 e. The molecule has 5 rings (SSSR count). The first-order chi connectivity index (χ1) is 17.3. The summed E-state index contributed by atoms with van der Waals surface area (Å²) in [5.41, 5.74) is 3.22. The van der Waals surface area contributed by atoms with Crippen LogP contribution in [0.15, 0.2) is 42.5 Å². The first-order valence-electron chi connectivity index (χ1n) is 12.8. The van der Waals surface area contributed by atoms with Crippen molar-refractivity contribution >= 4 is 29.3 Å². The number of anilines is 1. The molecule has 2 aromatic rings. The van der Waals surface area contributed by atoms with Crippen molar-refractivity contribution in [3.8, 4) is 0 Å². The van der Waals surface area contributed by atoms with E-state index < -0.39 is 6.04 Å². The molecule has 0 bridgehead atoms. The Hall–Kier alpha value is -3.68. The maximum atomic E-state index is 13.1. The number of rotatable bonds is 6. The number of fused-ring (bicyclic) bond motifs is 1. The van der Waals surface area contributed by atoms with Crippen molar-refractivity contribution in [2.24, 2.45) is 0 Å². The molecular formula is C28H32N4O4. The molecule has 1 aliphatic carbocycles. The second kappa shape index (κ2) is 9.76. The zero-order valence-electron chi connectivity index (χ0n) is 20.8. The van der Waals surface area contributed by atoms with Crippen LogP contribution in [0.25, 0.3) is 0 Å². The van der Waals surface area contributed by atoms with Gasteiger partial charge in [0.05, 0.1) is 6.54 Å². The minimum absolute atomic E-state index is 0.0158. The minimum Gasteiger partial charge on any atom is -0.345 e. The van der Waals surface area contributed by atoms with Crippen LogP contribution in [-0.4, -0.2) is 58.6 Å². The minimum atomic E-state index is -0.710. The zero-order chi connectivity index (χ0) is 25.4. The summed E-state index contributed by atoms with van der Waals surface area (Å²) in [5.74, 6) is -0.835. The van der Waals surface area contributed by atoms with Crippen LogP contribution >= 0.6 is 0 Å². The van der Waals surface area contributed by atoms with Gasteiger partial charge in [-0.15, -0.1) is 0 Å². The fourth-order valence-electron chi connectivity index (χ4n) is 5.29. The van der Waals surface area contributed by atoms with Crippen LogP contribution in [0.1, 0.15) is 76.9 Å². The Bertz CT molecular complexity index is 1220. The molecule has 0 spiro atoms. The molecule has 2 fully saturated rings. The quantitative estimate of drug-likeness (QED) is 0.651. The van der Waals surface area contributed by atoms with Gasteiger partial charge < -0.3 is 20.4 Å². The lowest BCUT2D eigenvalue weighted by Crippen LogP contribution is -2.42. The predicted octanol–water partition coefficient (Wildman–Crippen LogP) is 3.42. The van der Waals surface area contributed by atoms with E-state index in [0.717, 1.165) is 44.2 Å². The molecule has 2 unspecified atom stereocenters. The largest absolute Gasteiger partial charge is 0.345 e. The molecular weight excluding hydrogens is 456 g/mol. The van der Waals surface area contributed by atoms with Crippen LogP contribution in [0.3, 0.4) is 0 Å². The van der Waals surface area contributed by atoms with Crippen molar-refractivity contribution < 1.29 is 19.2 Å². The maximum absolute atomic E-state index is 13.1. The van der Waals surface area contributed by atoms with Crippen molar-refractivity contribution in [1.29, 1.82) is 0 Å². The Morgan fingerprint density at radius 1 is 1.03 bits per heavy atom. The third-order valence-corrected chi connectivity index (χ3v) is 7.42. The molecule has 3 aliphatic rings. The summed E-state index contributed by atoms with van der Waals surface area (Å²) < 4.78 is 0. The van der Waals surface area contributed by atoms with Crippen LogP contribution in [0.4, 0.5) is 5.69 Å². The zero-order valence-corrected chi connectivity index (χ0v) is 20.8. The van der Waals surface area contributed by atoms with Gasteiger partial charge in [-0.25, -0.2) is 0 Å². The molecule has 2 heterocycles. The number of piperidine rings is 1. The SMILES string of the molecule is Cc1cc(C(=O)N2CCCCC2C)ccc1NC(=O)CNC(=O)C1c2ccccc2C(=O)N1C1CC1. The Kier molecular flexibility index (Phi) is 6.51. The van der Waals surface area contributed by atoms with Gasteiger partial charge in [0.25, 0.3) is 11.8 Å². The highest BCUT2D eigenvalue weighted by atomic mass is 16.2. The standard InChI is InChI=1S/C28H32N4O4/c1-17-15-19(27(35)31-14-6-5-7-18(31)2)10-13-23(17)30-24(33)16-29-26(34)25-21-8-3-4-9-22(21)28(36)32(25)20-11-12-20/h3-4,8-10,13,15,18,20,25H,5-7,11-12,14,16H2,1-2H3,(H,29,34)(H,30,33). The summed E-state index contributed by atoms with van der Waals surface area (Å²) in [4.78, 5) is 55.1. The number of likely N-dealkylation sites (tertiary alicyclic amines) is 1. The van der Waals surface area contributed by atoms with Gasteiger partial charge in [0.2, 0.25) is 11.8 Å². The predicted molar refractivity (Wildman–Crippen MR) is 136 cm³/mol. The van der Waals surface area contributed by atoms with Gasteiger partial charge in [-0.1, -0.05) is 18.2 Å². The van der Waals surface area contributed by atoms with Crippen LogP contribution in [0.2, 0.25) is 0 Å². The van der Waals surface area contributed by atoms with Gasteiger partial charge in [0.15, 0.2) is 0 Å². The van der Waals surface area contributed by atoms with Crippen LogP contribution in [0.5, 0.6) is 0 Å². The number of nitrogens with one attached hydrogen (secondary N) is 2. The molecule has 2 atom stereocenters. The van der Waals surface area contributed by atoms with Gasteiger partial charge in [0, 0.05) is 35.4 Å². The van der Waals surface area contributed by atoms with E-state index in [2.05, 4.69) is 17.6 Å². The normalized spacial score (nSPS) is 21.2. The fourth-order valence-corrected chi connectivity index (χ4v) is 5.29. The number of hydrogen-bond donors (Lipinski definition) is 2. The summed E-state index contributed by atoms with van der Waals surface area (Å²) in [5, 5.41) is 5.54. The monoisotopic (exact) mass is 488 g/mol. The Labute approximate surface area is 211 Å². The maximum Gasteiger partial charge on any atom is 0.255 e. The van der Waals surface area contributed by atoms with E-state index in [-0.39, 0.29) is 42.3 Å². The van der Waals surface area contributed by atoms with Gasteiger partial charge >= 0.3 is 0 Å². The highest BCUT2D eigenvalue weighted by molar-refractivity contribution is 6.06. The van der Waals surface area contributed by atoms with Crippen molar-refractivity contribution in [2.75, 3.05) is 18.4 Å². The fraction of sp³-hybridized carbons (Fsp3) is 0.429. The van der Waals surface area contributed by atoms with Gasteiger partial charge in [0.1, 0.15) is 6.04 Å². The number of carbonyl (C=O) groups excluding carboxylic acids is 4. The summed E-state index contributed by atoms with van der Waals surface area (Å²) in [6.07, 6.45) is 4.96. The number of nitrogens with zero attached hydrogens (tertiary/aromatic N) is 2. The number of carbonyl (C=O) groups is 4. The molecule has 2 aliphatic heterocycles. The van der Waals surface area contributed by atoms with E-state index in [4.69, 9.17) is 0 Å². The first-order valence-corrected chi connectivity index (χ1v) is 12.8. The van der Waals surface area contributed by atoms with E-state index >= 15 is 0 Å². The third kappa shape index (κ3) is 4.59. The molecule has 36 heavy (non-hydrogen) atoms. The van der Waals surface area contributed by atoms with Crippen molar-refractivity contribution in [3.63, 3.8) is 0 Å². The van der Waals surface area contributed by atoms with Gasteiger partial charge in [-0.05, 0) is 81.3 Å². The highest BCUT2D eigenvalue weighted by Crippen LogP contribution is 2.41. The molecule has 2 aromatic carbocycles. The summed E-state index contributed by atoms with van der Waals surface area (Å²) in [6, 6.07) is 12.0. The molecule has 4 amide bonds. The number of aryl methyl sites for hydroxylation is 1. The molecule has 188 valence electrons. The van der Waals surface area contributed by atoms with Gasteiger partial charge in [-0.3, -0.25) is 19.2 Å². The molecule has 0 aromatic heterocycles. The van der Waals surface area contributed by atoms with Crippen molar-refractivity contribution in [1.82, 2.24) is 15.1 Å². The van der Waals surface area contributed by atoms with E-state index in [1.807, 2.05) is 17.9 Å². The van der Waals surface area contributed by atoms with Crippen LogP contribution in [0, 0.1) is 6.92 Å². The lowest BCUT2D eigenvalue weighted by Gasteiger charge is -2.33. The summed E-state index contributed by atoms with van der Waals surface area (Å²) in [7, 11) is 0. The van der Waals surface area contributed by atoms with E-state index in [0.29, 0.717) is 22.4 Å². The second-order valence-electron chi connectivity index (χ2n) is 10.1. The van der Waals surface area contributed by atoms with Crippen LogP contribution < -0.4 is 10.6 Å². The van der Waals surface area contributed by atoms with Crippen molar-refractivity contribution in [2.45, 2.75) is 64.1 Å². The Morgan fingerprint density at radius 3 is 2.53 bits per heavy atom. The van der Waals surface area contributed by atoms with E-state index in [1.165, 1.54) is 0 Å². The topological polar surface area (TPSA) is 98.8 Å². The summed E-state index contributed by atoms with van der Waals surface area (Å²) in [6.45, 7) is 4.48. The number of amides is 4. The average molecular weight is 489 g/mol. The van der Waals surface area contributed by atoms with Crippen LogP contribution in [-0.2, 0) is 9.59 Å². The highest BCUT2D eigenvalue weighted by Gasteiger charge is 2.47. The second-order valence-corrected chi connectivity index (χ2v) is 10.1. The molecule has 2 N–H and O–H groups in total. The molecule has 0 radical (unpaired) electrons. The van der Waals surface area contributed by atoms with Crippen molar-refractivity contribution in [3.05, 3.63) is 64.7 Å². The molecule has 1 saturated heterocycles. The molecule has 8 nitrogen and oxygen atoms in total. The summed E-state index contributed by atoms with van der Waals surface area (Å²) >= 11 is 0. The van der Waals surface area contributed by atoms with Gasteiger partial charge in [-0.2, -0.15) is 0 Å². The molecule has 1 saturated carbocycles. The Morgan fingerprint density at radius 2 is 1.81 bits per heavy atom. The first kappa shape index (κ1) is 24.0. The molecule has 8 heteroatoms. The number of benzene rings is 2. The average Bonchev–Trinajstić information content (AvgIpc) is 3.67. The Balaban J connectivity index is 1.21. The van der Waals surface area contributed by atoms with E-state index in [1.54, 1.807) is 41.3 Å². The van der Waals surface area contributed by atoms with E-state index in [9.17, 15) is 19.2 Å². The lowest BCUT2D eigenvalue weighted by atomic mass is 10.0. The number of hydrogen-bond acceptors (Lipinski definition) is 4.